The minimum Gasteiger partial charge on any atom is -0.271 e. The first-order valence-electron chi connectivity index (χ1n) is 5.81. The lowest BCUT2D eigenvalue weighted by Crippen LogP contribution is -2.28. The van der Waals surface area contributed by atoms with E-state index in [1.165, 1.54) is 30.4 Å². The summed E-state index contributed by atoms with van der Waals surface area (Å²) < 4.78 is 0. The van der Waals surface area contributed by atoms with Crippen molar-refractivity contribution in [1.82, 2.24) is 5.43 Å². The molecule has 15 heavy (non-hydrogen) atoms. The van der Waals surface area contributed by atoms with E-state index in [-0.39, 0.29) is 0 Å². The largest absolute Gasteiger partial charge is 0.271 e. The van der Waals surface area contributed by atoms with Crippen molar-refractivity contribution in [2.24, 2.45) is 5.84 Å². The van der Waals surface area contributed by atoms with Gasteiger partial charge in [-0.15, -0.1) is 0 Å². The number of hydrogen-bond donors (Lipinski definition) is 2. The van der Waals surface area contributed by atoms with Gasteiger partial charge in [0.1, 0.15) is 0 Å². The lowest BCUT2D eigenvalue weighted by atomic mass is 9.97. The Labute approximate surface area is 92.8 Å². The van der Waals surface area contributed by atoms with Crippen LogP contribution in [0.4, 0.5) is 0 Å². The minimum atomic E-state index is 0.303. The van der Waals surface area contributed by atoms with Crippen LogP contribution in [0.5, 0.6) is 0 Å². The summed E-state index contributed by atoms with van der Waals surface area (Å²) in [6.45, 7) is 4.36. The van der Waals surface area contributed by atoms with E-state index in [2.05, 4.69) is 43.5 Å². The van der Waals surface area contributed by atoms with Crippen molar-refractivity contribution in [3.05, 3.63) is 35.4 Å². The van der Waals surface area contributed by atoms with Crippen LogP contribution >= 0.6 is 0 Å². The lowest BCUT2D eigenvalue weighted by molar-refractivity contribution is 0.485. The molecule has 0 saturated carbocycles. The number of unbranched alkanes of at least 4 members (excludes halogenated alkanes) is 2. The highest BCUT2D eigenvalue weighted by Crippen LogP contribution is 2.21. The quantitative estimate of drug-likeness (QED) is 0.426. The second kappa shape index (κ2) is 6.59. The van der Waals surface area contributed by atoms with Gasteiger partial charge < -0.3 is 0 Å². The molecule has 2 heteroatoms. The van der Waals surface area contributed by atoms with Gasteiger partial charge in [-0.05, 0) is 24.5 Å². The van der Waals surface area contributed by atoms with E-state index in [9.17, 15) is 0 Å². The van der Waals surface area contributed by atoms with Crippen LogP contribution < -0.4 is 11.3 Å². The Morgan fingerprint density at radius 3 is 2.60 bits per heavy atom. The molecule has 0 aliphatic heterocycles. The molecule has 0 saturated heterocycles. The van der Waals surface area contributed by atoms with Crippen molar-refractivity contribution >= 4 is 0 Å². The number of nitrogens with two attached hydrogens (primary N) is 1. The van der Waals surface area contributed by atoms with Gasteiger partial charge in [-0.25, -0.2) is 0 Å². The van der Waals surface area contributed by atoms with Gasteiger partial charge in [0.2, 0.25) is 0 Å². The molecule has 0 aliphatic carbocycles. The molecule has 1 atom stereocenters. The summed E-state index contributed by atoms with van der Waals surface area (Å²) in [5.41, 5.74) is 5.56. The number of aryl methyl sites for hydroxylation is 1. The fourth-order valence-corrected chi connectivity index (χ4v) is 1.90. The number of benzene rings is 1. The first-order chi connectivity index (χ1) is 7.29. The molecule has 2 nitrogen and oxygen atoms in total. The van der Waals surface area contributed by atoms with Gasteiger partial charge in [0, 0.05) is 6.04 Å². The smallest absolute Gasteiger partial charge is 0.0462 e. The molecular formula is C13H22N2. The Kier molecular flexibility index (Phi) is 5.37. The van der Waals surface area contributed by atoms with E-state index in [0.29, 0.717) is 6.04 Å². The Hall–Kier alpha value is -0.860. The van der Waals surface area contributed by atoms with Gasteiger partial charge in [-0.1, -0.05) is 50.5 Å². The molecule has 0 aromatic heterocycles. The predicted molar refractivity (Wildman–Crippen MR) is 65.4 cm³/mol. The Morgan fingerprint density at radius 2 is 2.00 bits per heavy atom. The first-order valence-corrected chi connectivity index (χ1v) is 5.81. The van der Waals surface area contributed by atoms with Gasteiger partial charge in [-0.2, -0.15) is 0 Å². The van der Waals surface area contributed by atoms with Crippen molar-refractivity contribution in [3.8, 4) is 0 Å². The molecule has 0 heterocycles. The van der Waals surface area contributed by atoms with E-state index < -0.39 is 0 Å². The van der Waals surface area contributed by atoms with E-state index in [0.717, 1.165) is 6.42 Å². The maximum absolute atomic E-state index is 5.61. The van der Waals surface area contributed by atoms with Crippen molar-refractivity contribution < 1.29 is 0 Å². The predicted octanol–water partition coefficient (Wildman–Crippen LogP) is 3.08. The molecule has 1 aromatic carbocycles. The lowest BCUT2D eigenvalue weighted by Gasteiger charge is -2.18. The summed E-state index contributed by atoms with van der Waals surface area (Å²) in [6.07, 6.45) is 4.89. The first kappa shape index (κ1) is 12.2. The summed E-state index contributed by atoms with van der Waals surface area (Å²) in [6, 6.07) is 8.74. The summed E-state index contributed by atoms with van der Waals surface area (Å²) in [5.74, 6) is 5.61. The maximum Gasteiger partial charge on any atom is 0.0462 e. The third-order valence-corrected chi connectivity index (χ3v) is 2.86. The van der Waals surface area contributed by atoms with Gasteiger partial charge >= 0.3 is 0 Å². The van der Waals surface area contributed by atoms with Gasteiger partial charge in [0.15, 0.2) is 0 Å². The molecule has 1 unspecified atom stereocenters. The summed E-state index contributed by atoms with van der Waals surface area (Å²) >= 11 is 0. The number of hydrogen-bond acceptors (Lipinski definition) is 2. The highest BCUT2D eigenvalue weighted by molar-refractivity contribution is 5.28. The summed E-state index contributed by atoms with van der Waals surface area (Å²) in [5, 5.41) is 0. The third kappa shape index (κ3) is 3.65. The van der Waals surface area contributed by atoms with Crippen LogP contribution in [0.2, 0.25) is 0 Å². The summed E-state index contributed by atoms with van der Waals surface area (Å²) in [4.78, 5) is 0. The fraction of sp³-hybridized carbons (Fsp3) is 0.538. The molecule has 84 valence electrons. The molecule has 0 radical (unpaired) electrons. The van der Waals surface area contributed by atoms with E-state index in [1.54, 1.807) is 0 Å². The van der Waals surface area contributed by atoms with Crippen molar-refractivity contribution in [1.29, 1.82) is 0 Å². The molecule has 0 spiro atoms. The normalized spacial score (nSPS) is 12.7. The summed E-state index contributed by atoms with van der Waals surface area (Å²) in [7, 11) is 0. The van der Waals surface area contributed by atoms with Gasteiger partial charge in [0.05, 0.1) is 0 Å². The molecule has 0 bridgehead atoms. The molecule has 1 rings (SSSR count). The standard InChI is InChI=1S/C13H22N2/c1-3-4-5-10-13(15-14)12-9-7-6-8-11(12)2/h6-9,13,15H,3-5,10,14H2,1-2H3. The van der Waals surface area contributed by atoms with Crippen LogP contribution in [0.1, 0.15) is 49.8 Å². The number of hydrazine groups is 1. The van der Waals surface area contributed by atoms with Crippen LogP contribution in [0.3, 0.4) is 0 Å². The molecule has 0 fully saturated rings. The van der Waals surface area contributed by atoms with Crippen LogP contribution in [0.15, 0.2) is 24.3 Å². The van der Waals surface area contributed by atoms with E-state index in [1.807, 2.05) is 0 Å². The Balaban J connectivity index is 2.61. The second-order valence-electron chi connectivity index (χ2n) is 4.07. The van der Waals surface area contributed by atoms with Gasteiger partial charge in [-0.3, -0.25) is 11.3 Å². The van der Waals surface area contributed by atoms with E-state index in [4.69, 9.17) is 5.84 Å². The fourth-order valence-electron chi connectivity index (χ4n) is 1.90. The number of rotatable bonds is 6. The van der Waals surface area contributed by atoms with Gasteiger partial charge in [0.25, 0.3) is 0 Å². The molecule has 1 aromatic rings. The average molecular weight is 206 g/mol. The SMILES string of the molecule is CCCCCC(NN)c1ccccc1C. The molecule has 0 aliphatic rings. The number of nitrogens with one attached hydrogen (secondary N) is 1. The van der Waals surface area contributed by atoms with E-state index >= 15 is 0 Å². The monoisotopic (exact) mass is 206 g/mol. The highest BCUT2D eigenvalue weighted by Gasteiger charge is 2.10. The zero-order valence-corrected chi connectivity index (χ0v) is 9.79. The van der Waals surface area contributed by atoms with Crippen molar-refractivity contribution in [2.45, 2.75) is 45.6 Å². The van der Waals surface area contributed by atoms with Crippen LogP contribution in [0, 0.1) is 6.92 Å². The maximum atomic E-state index is 5.61. The van der Waals surface area contributed by atoms with Crippen LogP contribution in [-0.2, 0) is 0 Å². The average Bonchev–Trinajstić information content (AvgIpc) is 2.26. The zero-order chi connectivity index (χ0) is 11.1. The van der Waals surface area contributed by atoms with Crippen molar-refractivity contribution in [2.75, 3.05) is 0 Å². The zero-order valence-electron chi connectivity index (χ0n) is 9.79. The minimum absolute atomic E-state index is 0.303. The van der Waals surface area contributed by atoms with Crippen LogP contribution in [-0.4, -0.2) is 0 Å². The Bertz CT molecular complexity index is 284. The molecule has 0 amide bonds. The second-order valence-corrected chi connectivity index (χ2v) is 4.07. The molecular weight excluding hydrogens is 184 g/mol. The van der Waals surface area contributed by atoms with Crippen LogP contribution in [0.25, 0.3) is 0 Å². The molecule has 3 N–H and O–H groups in total. The Morgan fingerprint density at radius 1 is 1.27 bits per heavy atom. The van der Waals surface area contributed by atoms with Crippen molar-refractivity contribution in [3.63, 3.8) is 0 Å². The highest BCUT2D eigenvalue weighted by atomic mass is 15.2. The third-order valence-electron chi connectivity index (χ3n) is 2.86. The topological polar surface area (TPSA) is 38.0 Å².